The molecule has 0 aliphatic rings. The standard InChI is InChI=1S/C15H10FN2O/c16-15-6-2-4-13(8-15)10-18-19-11-14-5-1-3-12(7-14)9-17/h1-8H,11H2. The first-order chi connectivity index (χ1) is 9.28. The predicted molar refractivity (Wildman–Crippen MR) is 68.9 cm³/mol. The lowest BCUT2D eigenvalue weighted by Crippen LogP contribution is -1.89. The summed E-state index contributed by atoms with van der Waals surface area (Å²) in [5, 5.41) is 12.4. The molecule has 0 aliphatic carbocycles. The van der Waals surface area contributed by atoms with E-state index in [1.54, 1.807) is 30.3 Å². The Morgan fingerprint density at radius 1 is 1.11 bits per heavy atom. The van der Waals surface area contributed by atoms with E-state index in [1.165, 1.54) is 12.1 Å². The molecule has 0 unspecified atom stereocenters. The van der Waals surface area contributed by atoms with E-state index in [1.807, 2.05) is 12.1 Å². The molecule has 4 heteroatoms. The van der Waals surface area contributed by atoms with Crippen molar-refractivity contribution in [2.24, 2.45) is 5.16 Å². The van der Waals surface area contributed by atoms with Crippen LogP contribution < -0.4 is 0 Å². The van der Waals surface area contributed by atoms with Crippen LogP contribution >= 0.6 is 0 Å². The summed E-state index contributed by atoms with van der Waals surface area (Å²) in [6.07, 6.45) is 2.58. The summed E-state index contributed by atoms with van der Waals surface area (Å²) < 4.78 is 12.9. The van der Waals surface area contributed by atoms with Gasteiger partial charge in [-0.2, -0.15) is 5.26 Å². The van der Waals surface area contributed by atoms with Gasteiger partial charge in [-0.3, -0.25) is 0 Å². The van der Waals surface area contributed by atoms with Crippen LogP contribution in [-0.4, -0.2) is 6.21 Å². The van der Waals surface area contributed by atoms with Gasteiger partial charge >= 0.3 is 0 Å². The van der Waals surface area contributed by atoms with Gasteiger partial charge in [0.1, 0.15) is 18.6 Å². The monoisotopic (exact) mass is 253 g/mol. The molecule has 0 amide bonds. The minimum atomic E-state index is -0.345. The maximum atomic E-state index is 12.9. The average molecular weight is 253 g/mol. The second kappa shape index (κ2) is 6.31. The molecule has 0 fully saturated rings. The largest absolute Gasteiger partial charge is 0.390 e. The lowest BCUT2D eigenvalue weighted by Gasteiger charge is -1.99. The van der Waals surface area contributed by atoms with Crippen molar-refractivity contribution >= 4 is 6.21 Å². The quantitative estimate of drug-likeness (QED) is 0.620. The smallest absolute Gasteiger partial charge is 0.142 e. The highest BCUT2D eigenvalue weighted by atomic mass is 19.1. The average Bonchev–Trinajstić information content (AvgIpc) is 2.44. The van der Waals surface area contributed by atoms with Crippen molar-refractivity contribution in [3.05, 3.63) is 71.0 Å². The van der Waals surface area contributed by atoms with Crippen molar-refractivity contribution in [3.63, 3.8) is 0 Å². The van der Waals surface area contributed by atoms with E-state index in [0.717, 1.165) is 5.56 Å². The van der Waals surface area contributed by atoms with Crippen molar-refractivity contribution in [3.8, 4) is 6.07 Å². The van der Waals surface area contributed by atoms with E-state index in [9.17, 15) is 4.39 Å². The van der Waals surface area contributed by atoms with Crippen molar-refractivity contribution in [1.82, 2.24) is 0 Å². The number of rotatable bonds is 4. The zero-order valence-electron chi connectivity index (χ0n) is 10.0. The molecule has 93 valence electrons. The molecule has 0 heterocycles. The highest BCUT2D eigenvalue weighted by molar-refractivity contribution is 5.78. The van der Waals surface area contributed by atoms with Crippen molar-refractivity contribution in [1.29, 1.82) is 5.26 Å². The minimum absolute atomic E-state index is 0.234. The van der Waals surface area contributed by atoms with Crippen LogP contribution in [0.1, 0.15) is 16.7 Å². The first-order valence-electron chi connectivity index (χ1n) is 5.60. The molecule has 3 nitrogen and oxygen atoms in total. The second-order valence-corrected chi connectivity index (χ2v) is 3.80. The van der Waals surface area contributed by atoms with E-state index in [-0.39, 0.29) is 12.4 Å². The molecule has 0 N–H and O–H groups in total. The zero-order valence-corrected chi connectivity index (χ0v) is 10.0. The van der Waals surface area contributed by atoms with Crippen LogP contribution in [0.4, 0.5) is 4.39 Å². The van der Waals surface area contributed by atoms with Crippen molar-refractivity contribution < 1.29 is 9.23 Å². The molecule has 0 aliphatic heterocycles. The molecule has 2 aromatic carbocycles. The molecule has 0 atom stereocenters. The fraction of sp³-hybridized carbons (Fsp3) is 0.0667. The Morgan fingerprint density at radius 2 is 1.89 bits per heavy atom. The summed E-state index contributed by atoms with van der Waals surface area (Å²) in [7, 11) is 0. The third kappa shape index (κ3) is 3.93. The van der Waals surface area contributed by atoms with Gasteiger partial charge in [0, 0.05) is 5.56 Å². The van der Waals surface area contributed by atoms with Gasteiger partial charge in [0.2, 0.25) is 0 Å². The third-order valence-electron chi connectivity index (χ3n) is 2.35. The normalized spacial score (nSPS) is 10.3. The Balaban J connectivity index is 1.91. The van der Waals surface area contributed by atoms with E-state index in [4.69, 9.17) is 10.1 Å². The summed E-state index contributed by atoms with van der Waals surface area (Å²) in [6.45, 7) is 0.234. The van der Waals surface area contributed by atoms with Gasteiger partial charge in [0.15, 0.2) is 0 Å². The molecular weight excluding hydrogens is 243 g/mol. The van der Waals surface area contributed by atoms with E-state index in [2.05, 4.69) is 11.4 Å². The Morgan fingerprint density at radius 3 is 2.68 bits per heavy atom. The van der Waals surface area contributed by atoms with Crippen LogP contribution in [0.15, 0.2) is 53.7 Å². The van der Waals surface area contributed by atoms with Gasteiger partial charge in [-0.1, -0.05) is 29.4 Å². The first kappa shape index (κ1) is 12.8. The van der Waals surface area contributed by atoms with Gasteiger partial charge in [0.05, 0.1) is 11.6 Å². The number of hydrogen-bond acceptors (Lipinski definition) is 3. The number of nitriles is 1. The topological polar surface area (TPSA) is 45.4 Å². The fourth-order valence-corrected chi connectivity index (χ4v) is 1.48. The molecule has 2 rings (SSSR count). The Kier molecular flexibility index (Phi) is 4.25. The van der Waals surface area contributed by atoms with Crippen LogP contribution in [0.2, 0.25) is 0 Å². The molecule has 0 saturated carbocycles. The summed E-state index contributed by atoms with van der Waals surface area (Å²) in [5.74, 6) is -0.345. The maximum Gasteiger partial charge on any atom is 0.142 e. The lowest BCUT2D eigenvalue weighted by atomic mass is 10.1. The zero-order chi connectivity index (χ0) is 13.5. The molecule has 0 aromatic heterocycles. The second-order valence-electron chi connectivity index (χ2n) is 3.80. The van der Waals surface area contributed by atoms with Crippen LogP contribution in [0, 0.1) is 17.1 Å². The number of halogens is 1. The lowest BCUT2D eigenvalue weighted by molar-refractivity contribution is 0.132. The van der Waals surface area contributed by atoms with Crippen LogP contribution in [0.25, 0.3) is 0 Å². The molecule has 0 spiro atoms. The number of benzene rings is 2. The number of nitrogens with zero attached hydrogens (tertiary/aromatic N) is 2. The predicted octanol–water partition coefficient (Wildman–Crippen LogP) is 3.13. The van der Waals surface area contributed by atoms with E-state index < -0.39 is 0 Å². The first-order valence-corrected chi connectivity index (χ1v) is 5.60. The minimum Gasteiger partial charge on any atom is -0.390 e. The van der Waals surface area contributed by atoms with E-state index >= 15 is 0 Å². The molecule has 19 heavy (non-hydrogen) atoms. The van der Waals surface area contributed by atoms with Crippen LogP contribution in [0.5, 0.6) is 0 Å². The van der Waals surface area contributed by atoms with Gasteiger partial charge in [-0.05, 0) is 29.8 Å². The van der Waals surface area contributed by atoms with Crippen LogP contribution in [-0.2, 0) is 11.4 Å². The van der Waals surface area contributed by atoms with E-state index in [0.29, 0.717) is 11.1 Å². The molecule has 0 bridgehead atoms. The highest BCUT2D eigenvalue weighted by Gasteiger charge is 1.96. The van der Waals surface area contributed by atoms with Gasteiger partial charge in [-0.15, -0.1) is 0 Å². The summed E-state index contributed by atoms with van der Waals surface area (Å²) in [4.78, 5) is 5.05. The molecule has 0 saturated heterocycles. The summed E-state index contributed by atoms with van der Waals surface area (Å²) in [6, 6.07) is 15.0. The van der Waals surface area contributed by atoms with Crippen molar-refractivity contribution in [2.75, 3.05) is 0 Å². The highest BCUT2D eigenvalue weighted by Crippen LogP contribution is 2.06. The SMILES string of the molecule is N#Cc1cccc(CO/N=[C]\c2cccc(F)c2)c1. The fourth-order valence-electron chi connectivity index (χ4n) is 1.48. The maximum absolute atomic E-state index is 12.9. The molecule has 1 radical (unpaired) electrons. The van der Waals surface area contributed by atoms with Crippen LogP contribution in [0.3, 0.4) is 0 Å². The Hall–Kier alpha value is -2.67. The Labute approximate surface area is 110 Å². The Bertz CT molecular complexity index is 632. The third-order valence-corrected chi connectivity index (χ3v) is 2.35. The number of hydrogen-bond donors (Lipinski definition) is 0. The van der Waals surface area contributed by atoms with Gasteiger partial charge in [-0.25, -0.2) is 4.39 Å². The van der Waals surface area contributed by atoms with Gasteiger partial charge < -0.3 is 4.84 Å². The van der Waals surface area contributed by atoms with Crippen molar-refractivity contribution in [2.45, 2.75) is 6.61 Å². The summed E-state index contributed by atoms with van der Waals surface area (Å²) >= 11 is 0. The summed E-state index contributed by atoms with van der Waals surface area (Å²) in [5.41, 5.74) is 1.91. The molecular formula is C15H10FN2O. The molecule has 2 aromatic rings. The van der Waals surface area contributed by atoms with Gasteiger partial charge in [0.25, 0.3) is 0 Å².